The van der Waals surface area contributed by atoms with Gasteiger partial charge in [0.05, 0.1) is 0 Å². The summed E-state index contributed by atoms with van der Waals surface area (Å²) in [4.78, 5) is 11.9. The van der Waals surface area contributed by atoms with Crippen molar-refractivity contribution in [1.29, 1.82) is 0 Å². The third kappa shape index (κ3) is 1.44. The summed E-state index contributed by atoms with van der Waals surface area (Å²) in [5, 5.41) is 3.90. The quantitative estimate of drug-likeness (QED) is 0.670. The molecule has 0 spiro atoms. The molecule has 0 aliphatic carbocycles. The average molecular weight is 173 g/mol. The second kappa shape index (κ2) is 3.14. The Morgan fingerprint density at radius 2 is 2.08 bits per heavy atom. The van der Waals surface area contributed by atoms with Crippen LogP contribution >= 0.6 is 0 Å². The van der Waals surface area contributed by atoms with E-state index in [-0.39, 0.29) is 0 Å². The monoisotopic (exact) mass is 173 g/mol. The summed E-state index contributed by atoms with van der Waals surface area (Å²) < 4.78 is 1.49. The number of hydrogen-bond donors (Lipinski definition) is 0. The summed E-state index contributed by atoms with van der Waals surface area (Å²) >= 11 is 0. The van der Waals surface area contributed by atoms with Gasteiger partial charge in [-0.15, -0.1) is 0 Å². The highest BCUT2D eigenvalue weighted by Crippen LogP contribution is 1.99. The van der Waals surface area contributed by atoms with Gasteiger partial charge in [0.25, 0.3) is 5.95 Å². The zero-order valence-electron chi connectivity index (χ0n) is 6.83. The SMILES string of the molecule is C=Cc1cnc(-n2cncn2)nc1. The molecule has 0 aromatic carbocycles. The van der Waals surface area contributed by atoms with E-state index in [9.17, 15) is 0 Å². The fraction of sp³-hybridized carbons (Fsp3) is 0. The number of aromatic nitrogens is 5. The maximum absolute atomic E-state index is 4.07. The zero-order chi connectivity index (χ0) is 9.10. The summed E-state index contributed by atoms with van der Waals surface area (Å²) in [5.74, 6) is 0.503. The van der Waals surface area contributed by atoms with Crippen LogP contribution in [0.1, 0.15) is 5.56 Å². The topological polar surface area (TPSA) is 56.5 Å². The Labute approximate surface area is 74.8 Å². The van der Waals surface area contributed by atoms with Gasteiger partial charge >= 0.3 is 0 Å². The molecule has 0 amide bonds. The predicted molar refractivity (Wildman–Crippen MR) is 47.0 cm³/mol. The van der Waals surface area contributed by atoms with Gasteiger partial charge < -0.3 is 0 Å². The second-order valence-corrected chi connectivity index (χ2v) is 2.36. The summed E-state index contributed by atoms with van der Waals surface area (Å²) in [6.45, 7) is 3.61. The van der Waals surface area contributed by atoms with Gasteiger partial charge in [0.1, 0.15) is 12.7 Å². The molecule has 0 saturated heterocycles. The lowest BCUT2D eigenvalue weighted by atomic mass is 10.3. The van der Waals surface area contributed by atoms with E-state index in [1.165, 1.54) is 11.0 Å². The standard InChI is InChI=1S/C8H7N5/c1-2-7-3-10-8(11-4-7)13-6-9-5-12-13/h2-6H,1H2. The first kappa shape index (κ1) is 7.60. The Hall–Kier alpha value is -2.04. The van der Waals surface area contributed by atoms with E-state index in [1.54, 1.807) is 24.8 Å². The lowest BCUT2D eigenvalue weighted by molar-refractivity contribution is 0.805. The van der Waals surface area contributed by atoms with Crippen molar-refractivity contribution in [2.45, 2.75) is 0 Å². The summed E-state index contributed by atoms with van der Waals surface area (Å²) in [5.41, 5.74) is 0.879. The maximum atomic E-state index is 4.07. The van der Waals surface area contributed by atoms with Gasteiger partial charge in [0.2, 0.25) is 0 Å². The Morgan fingerprint density at radius 1 is 1.31 bits per heavy atom. The van der Waals surface area contributed by atoms with Crippen LogP contribution in [0, 0.1) is 0 Å². The minimum absolute atomic E-state index is 0.503. The average Bonchev–Trinajstić information content (AvgIpc) is 2.71. The normalized spacial score (nSPS) is 9.85. The Balaban J connectivity index is 2.38. The molecular weight excluding hydrogens is 166 g/mol. The van der Waals surface area contributed by atoms with Crippen LogP contribution in [-0.4, -0.2) is 24.7 Å². The molecule has 5 heteroatoms. The molecule has 0 bridgehead atoms. The number of nitrogens with zero attached hydrogens (tertiary/aromatic N) is 5. The van der Waals surface area contributed by atoms with E-state index >= 15 is 0 Å². The zero-order valence-corrected chi connectivity index (χ0v) is 6.83. The van der Waals surface area contributed by atoms with Crippen LogP contribution in [0.4, 0.5) is 0 Å². The lowest BCUT2D eigenvalue weighted by Gasteiger charge is -1.96. The molecule has 0 radical (unpaired) electrons. The van der Waals surface area contributed by atoms with E-state index in [1.807, 2.05) is 0 Å². The van der Waals surface area contributed by atoms with E-state index in [4.69, 9.17) is 0 Å². The first-order chi connectivity index (χ1) is 6.40. The molecule has 2 aromatic rings. The second-order valence-electron chi connectivity index (χ2n) is 2.36. The molecule has 2 rings (SSSR count). The van der Waals surface area contributed by atoms with Gasteiger partial charge in [-0.2, -0.15) is 9.78 Å². The molecule has 0 aliphatic heterocycles. The van der Waals surface area contributed by atoms with Crippen molar-refractivity contribution >= 4 is 6.08 Å². The molecular formula is C8H7N5. The van der Waals surface area contributed by atoms with Gasteiger partial charge in [0, 0.05) is 18.0 Å². The molecule has 0 unspecified atom stereocenters. The minimum Gasteiger partial charge on any atom is -0.223 e. The maximum Gasteiger partial charge on any atom is 0.251 e. The van der Waals surface area contributed by atoms with Gasteiger partial charge in [-0.1, -0.05) is 12.7 Å². The number of hydrogen-bond acceptors (Lipinski definition) is 4. The molecule has 64 valence electrons. The molecule has 0 aliphatic rings. The van der Waals surface area contributed by atoms with Crippen LogP contribution in [0.25, 0.3) is 12.0 Å². The predicted octanol–water partition coefficient (Wildman–Crippen LogP) is 0.700. The number of rotatable bonds is 2. The third-order valence-corrected chi connectivity index (χ3v) is 1.52. The van der Waals surface area contributed by atoms with Gasteiger partial charge in [-0.3, -0.25) is 0 Å². The van der Waals surface area contributed by atoms with E-state index in [0.29, 0.717) is 5.95 Å². The van der Waals surface area contributed by atoms with Crippen molar-refractivity contribution < 1.29 is 0 Å². The molecule has 0 atom stereocenters. The molecule has 0 fully saturated rings. The van der Waals surface area contributed by atoms with Gasteiger partial charge in [0.15, 0.2) is 0 Å². The van der Waals surface area contributed by atoms with E-state index in [0.717, 1.165) is 5.56 Å². The smallest absolute Gasteiger partial charge is 0.223 e. The first-order valence-corrected chi connectivity index (χ1v) is 3.69. The van der Waals surface area contributed by atoms with Crippen LogP contribution in [0.3, 0.4) is 0 Å². The molecule has 5 nitrogen and oxygen atoms in total. The Kier molecular flexibility index (Phi) is 1.84. The molecule has 2 heterocycles. The van der Waals surface area contributed by atoms with E-state index in [2.05, 4.69) is 26.6 Å². The molecule has 2 aromatic heterocycles. The summed E-state index contributed by atoms with van der Waals surface area (Å²) in [7, 11) is 0. The fourth-order valence-corrected chi connectivity index (χ4v) is 0.866. The first-order valence-electron chi connectivity index (χ1n) is 3.69. The van der Waals surface area contributed by atoms with Crippen molar-refractivity contribution in [3.05, 3.63) is 37.2 Å². The third-order valence-electron chi connectivity index (χ3n) is 1.52. The van der Waals surface area contributed by atoms with Crippen LogP contribution in [0.2, 0.25) is 0 Å². The van der Waals surface area contributed by atoms with Gasteiger partial charge in [-0.25, -0.2) is 15.0 Å². The molecule has 0 N–H and O–H groups in total. The Bertz CT molecular complexity index is 389. The van der Waals surface area contributed by atoms with Crippen molar-refractivity contribution in [2.24, 2.45) is 0 Å². The highest BCUT2D eigenvalue weighted by atomic mass is 15.4. The van der Waals surface area contributed by atoms with Crippen molar-refractivity contribution in [1.82, 2.24) is 24.7 Å². The largest absolute Gasteiger partial charge is 0.251 e. The van der Waals surface area contributed by atoms with Crippen molar-refractivity contribution in [2.75, 3.05) is 0 Å². The van der Waals surface area contributed by atoms with Gasteiger partial charge in [-0.05, 0) is 0 Å². The fourth-order valence-electron chi connectivity index (χ4n) is 0.866. The highest BCUT2D eigenvalue weighted by Gasteiger charge is 1.97. The van der Waals surface area contributed by atoms with Crippen LogP contribution < -0.4 is 0 Å². The van der Waals surface area contributed by atoms with Crippen molar-refractivity contribution in [3.8, 4) is 5.95 Å². The van der Waals surface area contributed by atoms with Crippen molar-refractivity contribution in [3.63, 3.8) is 0 Å². The van der Waals surface area contributed by atoms with Crippen LogP contribution in [0.5, 0.6) is 0 Å². The summed E-state index contributed by atoms with van der Waals surface area (Å²) in [6, 6.07) is 0. The molecule has 13 heavy (non-hydrogen) atoms. The van der Waals surface area contributed by atoms with Crippen LogP contribution in [0.15, 0.2) is 31.6 Å². The minimum atomic E-state index is 0.503. The Morgan fingerprint density at radius 3 is 2.62 bits per heavy atom. The van der Waals surface area contributed by atoms with E-state index < -0.39 is 0 Å². The van der Waals surface area contributed by atoms with Crippen LogP contribution in [-0.2, 0) is 0 Å². The highest BCUT2D eigenvalue weighted by molar-refractivity contribution is 5.43. The molecule has 0 saturated carbocycles. The lowest BCUT2D eigenvalue weighted by Crippen LogP contribution is -2.00. The summed E-state index contributed by atoms with van der Waals surface area (Å²) in [6.07, 6.45) is 8.02.